The number of hydrogen-bond acceptors (Lipinski definition) is 3. The van der Waals surface area contributed by atoms with Crippen molar-refractivity contribution in [3.8, 4) is 6.07 Å². The molecule has 0 amide bonds. The molecule has 0 radical (unpaired) electrons. The molecule has 3 nitrogen and oxygen atoms in total. The highest BCUT2D eigenvalue weighted by Crippen LogP contribution is 2.20. The van der Waals surface area contributed by atoms with Crippen LogP contribution in [0.3, 0.4) is 0 Å². The molecule has 4 heteroatoms. The molecule has 1 rings (SSSR count). The van der Waals surface area contributed by atoms with Gasteiger partial charge in [0.25, 0.3) is 0 Å². The molecule has 0 aliphatic rings. The Kier molecular flexibility index (Phi) is 3.87. The van der Waals surface area contributed by atoms with Gasteiger partial charge in [-0.15, -0.1) is 0 Å². The number of esters is 1. The van der Waals surface area contributed by atoms with Crippen molar-refractivity contribution in [3.05, 3.63) is 34.4 Å². The Morgan fingerprint density at radius 2 is 2.27 bits per heavy atom. The Hall–Kier alpha value is -1.34. The summed E-state index contributed by atoms with van der Waals surface area (Å²) >= 11 is 3.29. The third kappa shape index (κ3) is 2.37. The number of nitrogens with zero attached hydrogens (tertiary/aromatic N) is 1. The second-order valence-electron chi connectivity index (χ2n) is 3.06. The van der Waals surface area contributed by atoms with Gasteiger partial charge in [-0.25, -0.2) is 4.79 Å². The van der Waals surface area contributed by atoms with E-state index in [-0.39, 0.29) is 5.97 Å². The molecule has 0 N–H and O–H groups in total. The number of rotatable bonds is 2. The summed E-state index contributed by atoms with van der Waals surface area (Å²) in [6.07, 6.45) is 0. The minimum absolute atomic E-state index is 0.369. The van der Waals surface area contributed by atoms with Gasteiger partial charge in [-0.05, 0) is 30.2 Å². The topological polar surface area (TPSA) is 50.1 Å². The van der Waals surface area contributed by atoms with Gasteiger partial charge in [0.15, 0.2) is 0 Å². The van der Waals surface area contributed by atoms with Gasteiger partial charge in [0.2, 0.25) is 0 Å². The predicted molar refractivity (Wildman–Crippen MR) is 59.9 cm³/mol. The number of carbonyl (C=O) groups is 1. The Labute approximate surface area is 96.8 Å². The first kappa shape index (κ1) is 11.7. The van der Waals surface area contributed by atoms with Crippen LogP contribution in [0.25, 0.3) is 0 Å². The Morgan fingerprint density at radius 3 is 2.73 bits per heavy atom. The van der Waals surface area contributed by atoms with Gasteiger partial charge < -0.3 is 4.74 Å². The van der Waals surface area contributed by atoms with E-state index in [2.05, 4.69) is 22.0 Å². The van der Waals surface area contributed by atoms with Gasteiger partial charge in [0, 0.05) is 5.33 Å². The molecule has 0 atom stereocenters. The van der Waals surface area contributed by atoms with E-state index in [1.807, 2.05) is 0 Å². The first-order valence-corrected chi connectivity index (χ1v) is 5.44. The van der Waals surface area contributed by atoms with Crippen LogP contribution in [0.4, 0.5) is 0 Å². The molecule has 0 fully saturated rings. The van der Waals surface area contributed by atoms with E-state index in [9.17, 15) is 4.79 Å². The molecule has 0 aromatic heterocycles. The average molecular weight is 268 g/mol. The Morgan fingerprint density at radius 1 is 1.60 bits per heavy atom. The van der Waals surface area contributed by atoms with Crippen LogP contribution < -0.4 is 0 Å². The van der Waals surface area contributed by atoms with Gasteiger partial charge in [-0.2, -0.15) is 5.26 Å². The summed E-state index contributed by atoms with van der Waals surface area (Å²) in [4.78, 5) is 11.5. The third-order valence-corrected chi connectivity index (χ3v) is 2.68. The second-order valence-corrected chi connectivity index (χ2v) is 3.63. The molecule has 1 aromatic rings. The van der Waals surface area contributed by atoms with E-state index in [0.29, 0.717) is 16.5 Å². The molecule has 0 aliphatic heterocycles. The van der Waals surface area contributed by atoms with Crippen molar-refractivity contribution in [2.24, 2.45) is 0 Å². The van der Waals surface area contributed by atoms with Crippen LogP contribution in [-0.4, -0.2) is 13.1 Å². The molecule has 0 heterocycles. The van der Waals surface area contributed by atoms with Gasteiger partial charge in [-0.3, -0.25) is 0 Å². The molecule has 0 spiro atoms. The second kappa shape index (κ2) is 4.94. The molecular weight excluding hydrogens is 258 g/mol. The van der Waals surface area contributed by atoms with Crippen molar-refractivity contribution < 1.29 is 9.53 Å². The fourth-order valence-electron chi connectivity index (χ4n) is 1.42. The lowest BCUT2D eigenvalue weighted by atomic mass is 10.00. The summed E-state index contributed by atoms with van der Waals surface area (Å²) in [7, 11) is 1.35. The standard InChI is InChI=1S/C11H10BrNO2/c1-7-3-8(6-13)4-9(5-12)10(7)11(14)15-2/h3-4H,5H2,1-2H3. The molecule has 0 saturated carbocycles. The normalized spacial score (nSPS) is 9.47. The zero-order valence-corrected chi connectivity index (χ0v) is 10.1. The number of halogens is 1. The summed E-state index contributed by atoms with van der Waals surface area (Å²) in [6.45, 7) is 1.79. The van der Waals surface area contributed by atoms with Crippen LogP contribution in [0.2, 0.25) is 0 Å². The summed E-state index contributed by atoms with van der Waals surface area (Å²) in [6, 6.07) is 5.42. The zero-order valence-electron chi connectivity index (χ0n) is 8.50. The van der Waals surface area contributed by atoms with Crippen molar-refractivity contribution in [1.29, 1.82) is 5.26 Å². The quantitative estimate of drug-likeness (QED) is 0.611. The number of carbonyl (C=O) groups excluding carboxylic acids is 1. The molecule has 15 heavy (non-hydrogen) atoms. The Balaban J connectivity index is 3.39. The first-order valence-electron chi connectivity index (χ1n) is 4.32. The highest BCUT2D eigenvalue weighted by Gasteiger charge is 2.15. The molecule has 0 saturated heterocycles. The van der Waals surface area contributed by atoms with Crippen molar-refractivity contribution in [3.63, 3.8) is 0 Å². The molecule has 1 aromatic carbocycles. The maximum absolute atomic E-state index is 11.5. The molecule has 0 unspecified atom stereocenters. The molecule has 78 valence electrons. The van der Waals surface area contributed by atoms with E-state index < -0.39 is 0 Å². The van der Waals surface area contributed by atoms with E-state index in [1.54, 1.807) is 19.1 Å². The Bertz CT molecular complexity index is 435. The minimum atomic E-state index is -0.369. The van der Waals surface area contributed by atoms with Crippen LogP contribution >= 0.6 is 15.9 Å². The van der Waals surface area contributed by atoms with Crippen LogP contribution in [0.1, 0.15) is 27.0 Å². The lowest BCUT2D eigenvalue weighted by molar-refractivity contribution is 0.0599. The largest absolute Gasteiger partial charge is 0.465 e. The number of nitriles is 1. The van der Waals surface area contributed by atoms with Gasteiger partial charge >= 0.3 is 5.97 Å². The summed E-state index contributed by atoms with van der Waals surface area (Å²) < 4.78 is 4.69. The van der Waals surface area contributed by atoms with Crippen molar-refractivity contribution in [2.45, 2.75) is 12.3 Å². The predicted octanol–water partition coefficient (Wildman–Crippen LogP) is 2.55. The number of alkyl halides is 1. The number of aryl methyl sites for hydroxylation is 1. The van der Waals surface area contributed by atoms with Crippen LogP contribution in [-0.2, 0) is 10.1 Å². The van der Waals surface area contributed by atoms with Gasteiger partial charge in [0.05, 0.1) is 24.3 Å². The number of ether oxygens (including phenoxy) is 1. The van der Waals surface area contributed by atoms with Gasteiger partial charge in [0.1, 0.15) is 0 Å². The summed E-state index contributed by atoms with van der Waals surface area (Å²) in [5.41, 5.74) is 2.62. The summed E-state index contributed by atoms with van der Waals surface area (Å²) in [5, 5.41) is 9.31. The lowest BCUT2D eigenvalue weighted by Crippen LogP contribution is -2.08. The monoisotopic (exact) mass is 267 g/mol. The fraction of sp³-hybridized carbons (Fsp3) is 0.273. The number of methoxy groups -OCH3 is 1. The molecule has 0 bridgehead atoms. The number of benzene rings is 1. The maximum atomic E-state index is 11.5. The fourth-order valence-corrected chi connectivity index (χ4v) is 1.87. The van der Waals surface area contributed by atoms with E-state index in [1.165, 1.54) is 7.11 Å². The smallest absolute Gasteiger partial charge is 0.338 e. The van der Waals surface area contributed by atoms with Crippen LogP contribution in [0.15, 0.2) is 12.1 Å². The highest BCUT2D eigenvalue weighted by molar-refractivity contribution is 9.08. The average Bonchev–Trinajstić information content (AvgIpc) is 2.26. The zero-order chi connectivity index (χ0) is 11.4. The van der Waals surface area contributed by atoms with E-state index >= 15 is 0 Å². The maximum Gasteiger partial charge on any atom is 0.338 e. The lowest BCUT2D eigenvalue weighted by Gasteiger charge is -2.09. The van der Waals surface area contributed by atoms with E-state index in [0.717, 1.165) is 11.1 Å². The minimum Gasteiger partial charge on any atom is -0.465 e. The molecular formula is C11H10BrNO2. The van der Waals surface area contributed by atoms with E-state index in [4.69, 9.17) is 10.00 Å². The van der Waals surface area contributed by atoms with Gasteiger partial charge in [-0.1, -0.05) is 15.9 Å². The first-order chi connectivity index (χ1) is 7.13. The van der Waals surface area contributed by atoms with Crippen LogP contribution in [0.5, 0.6) is 0 Å². The molecule has 0 aliphatic carbocycles. The SMILES string of the molecule is COC(=O)c1c(C)cc(C#N)cc1CBr. The highest BCUT2D eigenvalue weighted by atomic mass is 79.9. The van der Waals surface area contributed by atoms with Crippen molar-refractivity contribution in [2.75, 3.05) is 7.11 Å². The third-order valence-electron chi connectivity index (χ3n) is 2.08. The van der Waals surface area contributed by atoms with Crippen molar-refractivity contribution >= 4 is 21.9 Å². The summed E-state index contributed by atoms with van der Waals surface area (Å²) in [5.74, 6) is -0.369. The number of hydrogen-bond donors (Lipinski definition) is 0. The van der Waals surface area contributed by atoms with Crippen LogP contribution in [0, 0.1) is 18.3 Å². The van der Waals surface area contributed by atoms with Crippen molar-refractivity contribution in [1.82, 2.24) is 0 Å².